The molecular formula is C26H26ClNO5. The SMILES string of the molecule is COC(=O)[C@H]1Cc2c([nH]c3ccccc23)[C@@H](c2ccc3c(c2)OCO3)C(CC(=O)CCCl)C1. The van der Waals surface area contributed by atoms with Crippen LogP contribution in [-0.4, -0.2) is 36.5 Å². The summed E-state index contributed by atoms with van der Waals surface area (Å²) in [7, 11) is 1.42. The molecule has 2 aromatic carbocycles. The monoisotopic (exact) mass is 467 g/mol. The molecule has 1 unspecified atom stereocenters. The number of hydrogen-bond donors (Lipinski definition) is 1. The van der Waals surface area contributed by atoms with Gasteiger partial charge in [0.1, 0.15) is 5.78 Å². The van der Waals surface area contributed by atoms with Gasteiger partial charge in [0.2, 0.25) is 6.79 Å². The highest BCUT2D eigenvalue weighted by Crippen LogP contribution is 2.47. The number of benzene rings is 2. The second-order valence-electron chi connectivity index (χ2n) is 8.75. The number of nitrogens with one attached hydrogen (secondary N) is 1. The zero-order valence-electron chi connectivity index (χ0n) is 18.4. The average Bonchev–Trinajstić information content (AvgIpc) is 3.39. The number of carbonyl (C=O) groups excluding carboxylic acids is 2. The van der Waals surface area contributed by atoms with E-state index in [1.807, 2.05) is 36.4 Å². The van der Waals surface area contributed by atoms with Gasteiger partial charge < -0.3 is 19.2 Å². The Morgan fingerprint density at radius 1 is 1.15 bits per heavy atom. The highest BCUT2D eigenvalue weighted by Gasteiger charge is 2.39. The van der Waals surface area contributed by atoms with E-state index in [4.69, 9.17) is 25.8 Å². The molecule has 0 radical (unpaired) electrons. The normalized spacial score (nSPS) is 21.5. The third-order valence-corrected chi connectivity index (χ3v) is 7.01. The van der Waals surface area contributed by atoms with Crippen LogP contribution >= 0.6 is 11.6 Å². The number of ketones is 1. The molecule has 3 aromatic rings. The highest BCUT2D eigenvalue weighted by molar-refractivity contribution is 6.19. The Bertz CT molecular complexity index is 1200. The number of halogens is 1. The van der Waals surface area contributed by atoms with Crippen molar-refractivity contribution in [3.63, 3.8) is 0 Å². The van der Waals surface area contributed by atoms with Crippen LogP contribution < -0.4 is 9.47 Å². The van der Waals surface area contributed by atoms with Gasteiger partial charge in [0.05, 0.1) is 13.0 Å². The Balaban J connectivity index is 1.68. The van der Waals surface area contributed by atoms with Crippen molar-refractivity contribution in [2.45, 2.75) is 31.6 Å². The van der Waals surface area contributed by atoms with Crippen LogP contribution in [0.25, 0.3) is 10.9 Å². The van der Waals surface area contributed by atoms with Crippen molar-refractivity contribution in [2.24, 2.45) is 11.8 Å². The number of fused-ring (bicyclic) bond motifs is 4. The van der Waals surface area contributed by atoms with Gasteiger partial charge in [-0.15, -0.1) is 11.6 Å². The van der Waals surface area contributed by atoms with Gasteiger partial charge in [-0.05, 0) is 48.1 Å². The fraction of sp³-hybridized carbons (Fsp3) is 0.385. The molecule has 1 aliphatic carbocycles. The summed E-state index contributed by atoms with van der Waals surface area (Å²) in [5, 5.41) is 1.10. The van der Waals surface area contributed by atoms with Crippen molar-refractivity contribution in [3.8, 4) is 11.5 Å². The van der Waals surface area contributed by atoms with E-state index in [1.54, 1.807) is 0 Å². The Labute approximate surface area is 197 Å². The maximum atomic E-state index is 12.8. The van der Waals surface area contributed by atoms with Gasteiger partial charge in [-0.2, -0.15) is 0 Å². The van der Waals surface area contributed by atoms with E-state index >= 15 is 0 Å². The summed E-state index contributed by atoms with van der Waals surface area (Å²) < 4.78 is 16.3. The molecule has 0 spiro atoms. The summed E-state index contributed by atoms with van der Waals surface area (Å²) in [6.45, 7) is 0.198. The van der Waals surface area contributed by atoms with E-state index in [9.17, 15) is 9.59 Å². The Hall–Kier alpha value is -2.99. The van der Waals surface area contributed by atoms with E-state index in [0.717, 1.165) is 27.7 Å². The summed E-state index contributed by atoms with van der Waals surface area (Å²) in [5.74, 6) is 1.02. The molecular weight excluding hydrogens is 442 g/mol. The molecule has 2 heterocycles. The Morgan fingerprint density at radius 3 is 2.79 bits per heavy atom. The number of ether oxygens (including phenoxy) is 3. The first-order valence-electron chi connectivity index (χ1n) is 11.2. The maximum Gasteiger partial charge on any atom is 0.309 e. The number of para-hydroxylation sites is 1. The smallest absolute Gasteiger partial charge is 0.309 e. The van der Waals surface area contributed by atoms with Crippen molar-refractivity contribution in [1.29, 1.82) is 0 Å². The number of esters is 1. The van der Waals surface area contributed by atoms with Crippen molar-refractivity contribution in [3.05, 3.63) is 59.3 Å². The molecule has 0 fully saturated rings. The maximum absolute atomic E-state index is 12.8. The molecule has 0 bridgehead atoms. The van der Waals surface area contributed by atoms with Crippen LogP contribution in [-0.2, 0) is 20.7 Å². The fourth-order valence-electron chi connectivity index (χ4n) is 5.37. The van der Waals surface area contributed by atoms with Crippen LogP contribution in [0.3, 0.4) is 0 Å². The predicted octanol–water partition coefficient (Wildman–Crippen LogP) is 4.97. The summed E-state index contributed by atoms with van der Waals surface area (Å²) in [6, 6.07) is 14.1. The van der Waals surface area contributed by atoms with Crippen LogP contribution in [0.4, 0.5) is 0 Å². The van der Waals surface area contributed by atoms with Crippen molar-refractivity contribution in [2.75, 3.05) is 19.8 Å². The second kappa shape index (κ2) is 9.10. The minimum Gasteiger partial charge on any atom is -0.469 e. The minimum absolute atomic E-state index is 0.0977. The molecule has 5 rings (SSSR count). The van der Waals surface area contributed by atoms with Gasteiger partial charge in [0.25, 0.3) is 0 Å². The standard InChI is InChI=1S/C26H26ClNO5/c1-31-26(30)17-10-16(11-18(29)8-9-27)24(15-6-7-22-23(13-15)33-14-32-22)25-20(12-17)19-4-2-3-5-21(19)28-25/h2-7,13,16-17,24,28H,8-12,14H2,1H3/t16?,17-,24+/m1/s1. The molecule has 0 saturated carbocycles. The number of alkyl halides is 1. The lowest BCUT2D eigenvalue weighted by Crippen LogP contribution is -2.24. The van der Waals surface area contributed by atoms with Gasteiger partial charge in [0.15, 0.2) is 11.5 Å². The quantitative estimate of drug-likeness (QED) is 0.314. The van der Waals surface area contributed by atoms with E-state index < -0.39 is 0 Å². The summed E-state index contributed by atoms with van der Waals surface area (Å²) >= 11 is 5.87. The number of aromatic amines is 1. The lowest BCUT2D eigenvalue weighted by Gasteiger charge is -2.27. The molecule has 0 saturated heterocycles. The zero-order chi connectivity index (χ0) is 22.9. The van der Waals surface area contributed by atoms with Crippen LogP contribution in [0.1, 0.15) is 42.0 Å². The largest absolute Gasteiger partial charge is 0.469 e. The van der Waals surface area contributed by atoms with Crippen molar-refractivity contribution >= 4 is 34.3 Å². The predicted molar refractivity (Wildman–Crippen MR) is 125 cm³/mol. The average molecular weight is 468 g/mol. The highest BCUT2D eigenvalue weighted by atomic mass is 35.5. The van der Waals surface area contributed by atoms with Gasteiger partial charge in [0, 0.05) is 41.2 Å². The lowest BCUT2D eigenvalue weighted by molar-refractivity contribution is -0.146. The number of H-pyrrole nitrogens is 1. The Morgan fingerprint density at radius 2 is 1.97 bits per heavy atom. The first kappa shape index (κ1) is 21.8. The van der Waals surface area contributed by atoms with Gasteiger partial charge in [-0.3, -0.25) is 9.59 Å². The van der Waals surface area contributed by atoms with Gasteiger partial charge >= 0.3 is 5.97 Å². The van der Waals surface area contributed by atoms with Crippen LogP contribution in [0.15, 0.2) is 42.5 Å². The number of Topliss-reactive ketones (excluding diaryl/α,β-unsaturated/α-hetero) is 1. The van der Waals surface area contributed by atoms with Crippen molar-refractivity contribution < 1.29 is 23.8 Å². The molecule has 33 heavy (non-hydrogen) atoms. The summed E-state index contributed by atoms with van der Waals surface area (Å²) in [6.07, 6.45) is 1.77. The molecule has 172 valence electrons. The van der Waals surface area contributed by atoms with Crippen LogP contribution in [0.2, 0.25) is 0 Å². The third-order valence-electron chi connectivity index (χ3n) is 6.82. The van der Waals surface area contributed by atoms with Gasteiger partial charge in [-0.1, -0.05) is 24.3 Å². The van der Waals surface area contributed by atoms with E-state index in [0.29, 0.717) is 37.2 Å². The topological polar surface area (TPSA) is 77.6 Å². The molecule has 6 nitrogen and oxygen atoms in total. The molecule has 1 N–H and O–H groups in total. The molecule has 1 aromatic heterocycles. The summed E-state index contributed by atoms with van der Waals surface area (Å²) in [4.78, 5) is 29.2. The zero-order valence-corrected chi connectivity index (χ0v) is 19.2. The number of rotatable bonds is 6. The van der Waals surface area contributed by atoms with E-state index in [1.165, 1.54) is 7.11 Å². The van der Waals surface area contributed by atoms with Gasteiger partial charge in [-0.25, -0.2) is 0 Å². The van der Waals surface area contributed by atoms with Crippen molar-refractivity contribution in [1.82, 2.24) is 4.98 Å². The molecule has 7 heteroatoms. The summed E-state index contributed by atoms with van der Waals surface area (Å²) in [5.41, 5.74) is 4.20. The molecule has 0 amide bonds. The third kappa shape index (κ3) is 4.08. The molecule has 3 atom stereocenters. The van der Waals surface area contributed by atoms with Crippen LogP contribution in [0.5, 0.6) is 11.5 Å². The van der Waals surface area contributed by atoms with E-state index in [-0.39, 0.29) is 42.2 Å². The number of carbonyl (C=O) groups is 2. The Kier molecular flexibility index (Phi) is 6.02. The second-order valence-corrected chi connectivity index (χ2v) is 9.13. The van der Waals surface area contributed by atoms with E-state index in [2.05, 4.69) is 11.1 Å². The minimum atomic E-state index is -0.333. The first-order valence-corrected chi connectivity index (χ1v) is 11.8. The number of methoxy groups -OCH3 is 1. The molecule has 2 aliphatic rings. The molecule has 1 aliphatic heterocycles. The first-order chi connectivity index (χ1) is 16.1. The fourth-order valence-corrected chi connectivity index (χ4v) is 5.58. The number of hydrogen-bond acceptors (Lipinski definition) is 5. The lowest BCUT2D eigenvalue weighted by atomic mass is 9.77. The van der Waals surface area contributed by atoms with Crippen LogP contribution in [0, 0.1) is 11.8 Å². The number of aromatic nitrogens is 1.